The molecule has 1 amide bonds. The van der Waals surface area contributed by atoms with Gasteiger partial charge in [0.15, 0.2) is 6.10 Å². The minimum absolute atomic E-state index is 0.0124. The molecule has 1 aromatic carbocycles. The van der Waals surface area contributed by atoms with Gasteiger partial charge in [-0.2, -0.15) is 0 Å². The highest BCUT2D eigenvalue weighted by molar-refractivity contribution is 5.82. The van der Waals surface area contributed by atoms with Crippen molar-refractivity contribution in [2.75, 3.05) is 19.6 Å². The minimum Gasteiger partial charge on any atom is -0.480 e. The number of carbonyl (C=O) groups excluding carboxylic acids is 1. The predicted octanol–water partition coefficient (Wildman–Crippen LogP) is 0.943. The van der Waals surface area contributed by atoms with Crippen LogP contribution in [0.25, 0.3) is 0 Å². The molecule has 3 rings (SSSR count). The maximum Gasteiger partial charge on any atom is 0.261 e. The second-order valence-corrected chi connectivity index (χ2v) is 5.62. The van der Waals surface area contributed by atoms with Crippen molar-refractivity contribution >= 4 is 5.91 Å². The summed E-state index contributed by atoms with van der Waals surface area (Å²) in [5.74, 6) is 1.46. The monoisotopic (exact) mass is 260 g/mol. The summed E-state index contributed by atoms with van der Waals surface area (Å²) in [5.41, 5.74) is 3.61. The Kier molecular flexibility index (Phi) is 3.19. The van der Waals surface area contributed by atoms with Crippen LogP contribution in [0.1, 0.15) is 16.7 Å². The zero-order valence-electron chi connectivity index (χ0n) is 11.5. The number of carbonyl (C=O) groups is 1. The first-order chi connectivity index (χ1) is 9.13. The molecule has 0 bridgehead atoms. The van der Waals surface area contributed by atoms with E-state index in [0.29, 0.717) is 12.3 Å². The lowest BCUT2D eigenvalue weighted by molar-refractivity contribution is -0.127. The first-order valence-corrected chi connectivity index (χ1v) is 6.88. The summed E-state index contributed by atoms with van der Waals surface area (Å²) in [5, 5.41) is 6.19. The van der Waals surface area contributed by atoms with Gasteiger partial charge in [-0.1, -0.05) is 6.07 Å². The third-order valence-corrected chi connectivity index (χ3v) is 4.07. The van der Waals surface area contributed by atoms with Crippen molar-refractivity contribution < 1.29 is 9.53 Å². The van der Waals surface area contributed by atoms with Crippen molar-refractivity contribution in [2.24, 2.45) is 5.92 Å². The van der Waals surface area contributed by atoms with Crippen LogP contribution in [0.4, 0.5) is 0 Å². The topological polar surface area (TPSA) is 50.4 Å². The minimum atomic E-state index is -0.357. The molecular weight excluding hydrogens is 240 g/mol. The highest BCUT2D eigenvalue weighted by Crippen LogP contribution is 2.31. The number of hydrogen-bond donors (Lipinski definition) is 2. The molecule has 1 saturated heterocycles. The van der Waals surface area contributed by atoms with Gasteiger partial charge in [-0.05, 0) is 36.6 Å². The summed E-state index contributed by atoms with van der Waals surface area (Å²) in [6.07, 6.45) is 0.329. The van der Waals surface area contributed by atoms with E-state index >= 15 is 0 Å². The van der Waals surface area contributed by atoms with E-state index < -0.39 is 0 Å². The molecule has 0 saturated carbocycles. The van der Waals surface area contributed by atoms with Gasteiger partial charge < -0.3 is 15.4 Å². The van der Waals surface area contributed by atoms with Crippen LogP contribution in [0.15, 0.2) is 12.1 Å². The number of rotatable bonds is 3. The van der Waals surface area contributed by atoms with Crippen LogP contribution in [0.2, 0.25) is 0 Å². The highest BCUT2D eigenvalue weighted by atomic mass is 16.5. The molecule has 2 aliphatic heterocycles. The zero-order chi connectivity index (χ0) is 13.4. The molecule has 1 aromatic rings. The maximum absolute atomic E-state index is 12.1. The summed E-state index contributed by atoms with van der Waals surface area (Å²) in [7, 11) is 0. The number of hydrogen-bond acceptors (Lipinski definition) is 3. The number of benzene rings is 1. The van der Waals surface area contributed by atoms with Crippen molar-refractivity contribution in [3.05, 3.63) is 28.8 Å². The fourth-order valence-corrected chi connectivity index (χ4v) is 2.51. The Balaban J connectivity index is 1.61. The Bertz CT molecular complexity index is 478. The SMILES string of the molecule is Cc1cc2c(cc1C)OC(C(=O)NCC1CNC1)C2. The molecule has 2 heterocycles. The van der Waals surface area contributed by atoms with Crippen LogP contribution in [0, 0.1) is 19.8 Å². The summed E-state index contributed by atoms with van der Waals surface area (Å²) in [4.78, 5) is 12.1. The Morgan fingerprint density at radius 1 is 1.37 bits per heavy atom. The van der Waals surface area contributed by atoms with Crippen LogP contribution in [-0.4, -0.2) is 31.6 Å². The number of ether oxygens (including phenoxy) is 1. The highest BCUT2D eigenvalue weighted by Gasteiger charge is 2.30. The van der Waals surface area contributed by atoms with Gasteiger partial charge in [0, 0.05) is 32.0 Å². The largest absolute Gasteiger partial charge is 0.480 e. The van der Waals surface area contributed by atoms with E-state index in [0.717, 1.165) is 30.9 Å². The van der Waals surface area contributed by atoms with E-state index in [1.165, 1.54) is 11.1 Å². The molecule has 102 valence electrons. The standard InChI is InChI=1S/C15H20N2O2/c1-9-3-12-5-14(19-13(12)4-10(9)2)15(18)17-8-11-6-16-7-11/h3-4,11,14,16H,5-8H2,1-2H3,(H,17,18). The predicted molar refractivity (Wildman–Crippen MR) is 73.4 cm³/mol. The fourth-order valence-electron chi connectivity index (χ4n) is 2.51. The lowest BCUT2D eigenvalue weighted by Gasteiger charge is -2.27. The van der Waals surface area contributed by atoms with Gasteiger partial charge in [-0.15, -0.1) is 0 Å². The quantitative estimate of drug-likeness (QED) is 0.850. The van der Waals surface area contributed by atoms with E-state index in [4.69, 9.17) is 4.74 Å². The fraction of sp³-hybridized carbons (Fsp3) is 0.533. The molecule has 4 heteroatoms. The Morgan fingerprint density at radius 3 is 2.79 bits per heavy atom. The normalized spacial score (nSPS) is 21.5. The molecule has 0 spiro atoms. The average molecular weight is 260 g/mol. The number of amides is 1. The van der Waals surface area contributed by atoms with Gasteiger partial charge in [-0.25, -0.2) is 0 Å². The van der Waals surface area contributed by atoms with E-state index in [-0.39, 0.29) is 12.0 Å². The zero-order valence-corrected chi connectivity index (χ0v) is 11.5. The van der Waals surface area contributed by atoms with Crippen LogP contribution >= 0.6 is 0 Å². The van der Waals surface area contributed by atoms with Crippen molar-refractivity contribution in [1.29, 1.82) is 0 Å². The number of nitrogens with one attached hydrogen (secondary N) is 2. The molecule has 1 unspecified atom stereocenters. The molecule has 2 N–H and O–H groups in total. The molecule has 0 aliphatic carbocycles. The van der Waals surface area contributed by atoms with Gasteiger partial charge in [0.05, 0.1) is 0 Å². The second-order valence-electron chi connectivity index (χ2n) is 5.62. The first kappa shape index (κ1) is 12.5. The van der Waals surface area contributed by atoms with Gasteiger partial charge in [-0.3, -0.25) is 4.79 Å². The molecule has 2 aliphatic rings. The van der Waals surface area contributed by atoms with Crippen LogP contribution < -0.4 is 15.4 Å². The molecule has 0 radical (unpaired) electrons. The van der Waals surface area contributed by atoms with Crippen molar-refractivity contribution in [1.82, 2.24) is 10.6 Å². The summed E-state index contributed by atoms with van der Waals surface area (Å²) >= 11 is 0. The molecule has 19 heavy (non-hydrogen) atoms. The molecule has 1 fully saturated rings. The van der Waals surface area contributed by atoms with E-state index in [1.54, 1.807) is 0 Å². The van der Waals surface area contributed by atoms with Gasteiger partial charge >= 0.3 is 0 Å². The average Bonchev–Trinajstić information content (AvgIpc) is 2.70. The number of aryl methyl sites for hydroxylation is 2. The van der Waals surface area contributed by atoms with Crippen molar-refractivity contribution in [2.45, 2.75) is 26.4 Å². The Morgan fingerprint density at radius 2 is 2.11 bits per heavy atom. The summed E-state index contributed by atoms with van der Waals surface area (Å²) in [6, 6.07) is 4.17. The van der Waals surface area contributed by atoms with Gasteiger partial charge in [0.1, 0.15) is 5.75 Å². The maximum atomic E-state index is 12.1. The Labute approximate surface area is 113 Å². The number of fused-ring (bicyclic) bond motifs is 1. The smallest absolute Gasteiger partial charge is 0.261 e. The van der Waals surface area contributed by atoms with Gasteiger partial charge in [0.2, 0.25) is 0 Å². The molecule has 1 atom stereocenters. The Hall–Kier alpha value is -1.55. The van der Waals surface area contributed by atoms with Crippen LogP contribution in [0.5, 0.6) is 5.75 Å². The molecule has 0 aromatic heterocycles. The van der Waals surface area contributed by atoms with E-state index in [2.05, 4.69) is 30.5 Å². The lowest BCUT2D eigenvalue weighted by Crippen LogP contribution is -2.50. The first-order valence-electron chi connectivity index (χ1n) is 6.88. The molecular formula is C15H20N2O2. The molecule has 4 nitrogen and oxygen atoms in total. The van der Waals surface area contributed by atoms with Crippen molar-refractivity contribution in [3.63, 3.8) is 0 Å². The van der Waals surface area contributed by atoms with Gasteiger partial charge in [0.25, 0.3) is 5.91 Å². The third kappa shape index (κ3) is 2.45. The summed E-state index contributed by atoms with van der Waals surface area (Å²) < 4.78 is 5.76. The van der Waals surface area contributed by atoms with Crippen molar-refractivity contribution in [3.8, 4) is 5.75 Å². The third-order valence-electron chi connectivity index (χ3n) is 4.07. The van der Waals surface area contributed by atoms with Crippen LogP contribution in [-0.2, 0) is 11.2 Å². The van der Waals surface area contributed by atoms with Crippen LogP contribution in [0.3, 0.4) is 0 Å². The summed E-state index contributed by atoms with van der Waals surface area (Å²) in [6.45, 7) is 6.91. The van der Waals surface area contributed by atoms with E-state index in [9.17, 15) is 4.79 Å². The van der Waals surface area contributed by atoms with E-state index in [1.807, 2.05) is 6.07 Å². The lowest BCUT2D eigenvalue weighted by atomic mass is 10.0. The second kappa shape index (κ2) is 4.85.